The quantitative estimate of drug-likeness (QED) is 0.326. The van der Waals surface area contributed by atoms with Gasteiger partial charge in [-0.15, -0.1) is 0 Å². The summed E-state index contributed by atoms with van der Waals surface area (Å²) in [5.74, 6) is -0.0578. The Hall–Kier alpha value is -2.84. The molecule has 0 aliphatic carbocycles. The van der Waals surface area contributed by atoms with Crippen LogP contribution in [0.2, 0.25) is 10.0 Å². The highest BCUT2D eigenvalue weighted by Crippen LogP contribution is 2.35. The summed E-state index contributed by atoms with van der Waals surface area (Å²) in [6.45, 7) is 8.57. The van der Waals surface area contributed by atoms with E-state index in [1.165, 1.54) is 12.1 Å². The molecule has 7 nitrogen and oxygen atoms in total. The lowest BCUT2D eigenvalue weighted by Gasteiger charge is -2.33. The number of piperidine rings is 1. The van der Waals surface area contributed by atoms with Crippen LogP contribution in [0.3, 0.4) is 0 Å². The molecule has 1 amide bonds. The molecule has 10 heteroatoms. The van der Waals surface area contributed by atoms with Crippen molar-refractivity contribution in [2.24, 2.45) is 0 Å². The van der Waals surface area contributed by atoms with Gasteiger partial charge < -0.3 is 14.4 Å². The normalized spacial score (nSPS) is 15.6. The molecular weight excluding hydrogens is 506 g/mol. The maximum atomic E-state index is 13.9. The maximum Gasteiger partial charge on any atom is 0.410 e. The third-order valence-corrected chi connectivity index (χ3v) is 6.65. The number of hydrogen-bond acceptors (Lipinski definition) is 5. The van der Waals surface area contributed by atoms with Crippen molar-refractivity contribution in [3.8, 4) is 16.9 Å². The lowest BCUT2D eigenvalue weighted by Crippen LogP contribution is -2.42. The molecule has 4 rings (SSSR count). The van der Waals surface area contributed by atoms with Crippen LogP contribution in [-0.4, -0.2) is 44.4 Å². The molecule has 192 valence electrons. The molecule has 1 aliphatic heterocycles. The Kier molecular flexibility index (Phi) is 7.76. The molecular formula is C26H29Cl2FN4O3. The minimum absolute atomic E-state index is 0.0573. The maximum absolute atomic E-state index is 13.9. The fourth-order valence-electron chi connectivity index (χ4n) is 4.15. The molecule has 36 heavy (non-hydrogen) atoms. The van der Waals surface area contributed by atoms with Gasteiger partial charge in [0, 0.05) is 47.2 Å². The van der Waals surface area contributed by atoms with Crippen LogP contribution in [0, 0.1) is 5.82 Å². The van der Waals surface area contributed by atoms with E-state index in [0.29, 0.717) is 29.4 Å². The van der Waals surface area contributed by atoms with Gasteiger partial charge in [0.25, 0.3) is 0 Å². The van der Waals surface area contributed by atoms with Gasteiger partial charge in [0.15, 0.2) is 0 Å². The first-order valence-electron chi connectivity index (χ1n) is 11.8. The lowest BCUT2D eigenvalue weighted by molar-refractivity contribution is 0.0185. The second kappa shape index (κ2) is 10.6. The Morgan fingerprint density at radius 1 is 1.14 bits per heavy atom. The average Bonchev–Trinajstić information content (AvgIpc) is 3.31. The first-order valence-corrected chi connectivity index (χ1v) is 12.5. The molecule has 1 aromatic carbocycles. The van der Waals surface area contributed by atoms with E-state index in [9.17, 15) is 9.18 Å². The molecule has 1 fully saturated rings. The minimum Gasteiger partial charge on any atom is -0.484 e. The fraction of sp³-hybridized carbons (Fsp3) is 0.423. The first-order chi connectivity index (χ1) is 17.0. The summed E-state index contributed by atoms with van der Waals surface area (Å²) >= 11 is 12.4. The predicted octanol–water partition coefficient (Wildman–Crippen LogP) is 7.10. The molecule has 3 aromatic rings. The van der Waals surface area contributed by atoms with E-state index >= 15 is 0 Å². The molecule has 0 N–H and O–H groups in total. The van der Waals surface area contributed by atoms with E-state index < -0.39 is 17.5 Å². The Labute approximate surface area is 220 Å². The zero-order valence-electron chi connectivity index (χ0n) is 20.7. The van der Waals surface area contributed by atoms with Gasteiger partial charge in [-0.25, -0.2) is 9.18 Å². The molecule has 0 spiro atoms. The van der Waals surface area contributed by atoms with Crippen molar-refractivity contribution in [3.05, 3.63) is 64.4 Å². The second-order valence-electron chi connectivity index (χ2n) is 9.83. The molecule has 1 aliphatic rings. The van der Waals surface area contributed by atoms with E-state index in [1.54, 1.807) is 30.4 Å². The number of rotatable bonds is 5. The van der Waals surface area contributed by atoms with E-state index in [4.69, 9.17) is 32.7 Å². The van der Waals surface area contributed by atoms with Crippen LogP contribution >= 0.6 is 23.2 Å². The summed E-state index contributed by atoms with van der Waals surface area (Å²) in [4.78, 5) is 18.4. The van der Waals surface area contributed by atoms with Crippen LogP contribution in [0.5, 0.6) is 5.75 Å². The molecule has 0 radical (unpaired) electrons. The van der Waals surface area contributed by atoms with Crippen LogP contribution in [0.4, 0.5) is 9.18 Å². The van der Waals surface area contributed by atoms with Crippen LogP contribution in [0.1, 0.15) is 58.2 Å². The number of pyridine rings is 1. The highest BCUT2D eigenvalue weighted by molar-refractivity contribution is 6.36. The highest BCUT2D eigenvalue weighted by atomic mass is 35.5. The van der Waals surface area contributed by atoms with Crippen molar-refractivity contribution in [1.29, 1.82) is 0 Å². The minimum atomic E-state index is -0.587. The number of hydrogen-bond donors (Lipinski definition) is 0. The fourth-order valence-corrected chi connectivity index (χ4v) is 4.82. The number of carbonyl (C=O) groups is 1. The summed E-state index contributed by atoms with van der Waals surface area (Å²) < 4.78 is 27.3. The van der Waals surface area contributed by atoms with Gasteiger partial charge in [0.2, 0.25) is 0 Å². The Morgan fingerprint density at radius 3 is 2.56 bits per heavy atom. The summed E-state index contributed by atoms with van der Waals surface area (Å²) in [6.07, 6.45) is 7.77. The van der Waals surface area contributed by atoms with Crippen molar-refractivity contribution in [3.63, 3.8) is 0 Å². The number of carbonyl (C=O) groups excluding carboxylic acids is 1. The summed E-state index contributed by atoms with van der Waals surface area (Å²) in [7, 11) is 0. The SMILES string of the molecule is C[C@H](Oc1cncc(-c2cnn(C3CCN(C(=O)OC(C)(C)C)CC3)c2)c1)c1c(Cl)ccc(F)c1Cl. The van der Waals surface area contributed by atoms with Gasteiger partial charge >= 0.3 is 6.09 Å². The largest absolute Gasteiger partial charge is 0.484 e. The van der Waals surface area contributed by atoms with Crippen LogP contribution < -0.4 is 4.74 Å². The van der Waals surface area contributed by atoms with Crippen LogP contribution in [0.15, 0.2) is 43.0 Å². The van der Waals surface area contributed by atoms with Gasteiger partial charge in [-0.1, -0.05) is 23.2 Å². The van der Waals surface area contributed by atoms with Crippen LogP contribution in [0.25, 0.3) is 11.1 Å². The standard InChI is InChI=1S/C26H29Cl2FN4O3/c1-16(23-21(27)5-6-22(29)24(23)28)35-20-11-17(12-30-14-20)18-13-31-33(15-18)19-7-9-32(10-8-19)25(34)36-26(2,3)4/h5-6,11-16,19H,7-10H2,1-4H3/t16-/m0/s1. The van der Waals surface area contributed by atoms with E-state index in [1.807, 2.05) is 37.7 Å². The smallest absolute Gasteiger partial charge is 0.410 e. The van der Waals surface area contributed by atoms with E-state index in [2.05, 4.69) is 10.1 Å². The lowest BCUT2D eigenvalue weighted by atomic mass is 10.1. The van der Waals surface area contributed by atoms with Gasteiger partial charge in [0.05, 0.1) is 23.5 Å². The zero-order chi connectivity index (χ0) is 26.0. The molecule has 1 atom stereocenters. The first kappa shape index (κ1) is 26.2. The third kappa shape index (κ3) is 6.10. The topological polar surface area (TPSA) is 69.5 Å². The van der Waals surface area contributed by atoms with Crippen LogP contribution in [-0.2, 0) is 4.74 Å². The summed E-state index contributed by atoms with van der Waals surface area (Å²) in [5.41, 5.74) is 1.59. The summed E-state index contributed by atoms with van der Waals surface area (Å²) in [5, 5.41) is 4.83. The van der Waals surface area contributed by atoms with Crippen molar-refractivity contribution in [1.82, 2.24) is 19.7 Å². The van der Waals surface area contributed by atoms with Gasteiger partial charge in [0.1, 0.15) is 23.3 Å². The number of benzene rings is 1. The second-order valence-corrected chi connectivity index (χ2v) is 10.6. The number of aromatic nitrogens is 3. The Balaban J connectivity index is 1.42. The van der Waals surface area contributed by atoms with Crippen molar-refractivity contribution >= 4 is 29.3 Å². The molecule has 0 unspecified atom stereocenters. The molecule has 2 aromatic heterocycles. The van der Waals surface area contributed by atoms with Crippen molar-refractivity contribution < 1.29 is 18.7 Å². The molecule has 0 bridgehead atoms. The number of halogens is 3. The average molecular weight is 535 g/mol. The van der Waals surface area contributed by atoms with Gasteiger partial charge in [-0.05, 0) is 58.7 Å². The monoisotopic (exact) mass is 534 g/mol. The van der Waals surface area contributed by atoms with E-state index in [-0.39, 0.29) is 17.2 Å². The Bertz CT molecular complexity index is 1240. The zero-order valence-corrected chi connectivity index (χ0v) is 22.2. The molecule has 3 heterocycles. The third-order valence-electron chi connectivity index (χ3n) is 5.94. The Morgan fingerprint density at radius 2 is 1.86 bits per heavy atom. The van der Waals surface area contributed by atoms with Gasteiger partial charge in [-0.3, -0.25) is 9.67 Å². The molecule has 0 saturated carbocycles. The van der Waals surface area contributed by atoms with Gasteiger partial charge in [-0.2, -0.15) is 5.10 Å². The highest BCUT2D eigenvalue weighted by Gasteiger charge is 2.28. The van der Waals surface area contributed by atoms with Crippen molar-refractivity contribution in [2.45, 2.75) is 58.3 Å². The number of nitrogens with zero attached hydrogens (tertiary/aromatic N) is 4. The number of likely N-dealkylation sites (tertiary alicyclic amines) is 1. The summed E-state index contributed by atoms with van der Waals surface area (Å²) in [6, 6.07) is 4.71. The number of amides is 1. The number of ether oxygens (including phenoxy) is 2. The predicted molar refractivity (Wildman–Crippen MR) is 137 cm³/mol. The molecule has 1 saturated heterocycles. The van der Waals surface area contributed by atoms with E-state index in [0.717, 1.165) is 24.0 Å². The van der Waals surface area contributed by atoms with Crippen molar-refractivity contribution in [2.75, 3.05) is 13.1 Å².